The molecule has 1 fully saturated rings. The molecular weight excluding hydrogens is 606 g/mol. The average Bonchev–Trinajstić information content (AvgIpc) is 3.04. The lowest BCUT2D eigenvalue weighted by atomic mass is 9.99. The number of nitrogens with two attached hydrogens (primary N) is 1. The van der Waals surface area contributed by atoms with Crippen LogP contribution in [-0.4, -0.2) is 65.1 Å². The van der Waals surface area contributed by atoms with Crippen LogP contribution >= 0.6 is 31.9 Å². The molecule has 1 atom stereocenters. The molecule has 9 nitrogen and oxygen atoms in total. The van der Waals surface area contributed by atoms with Gasteiger partial charge in [0, 0.05) is 59.2 Å². The maximum Gasteiger partial charge on any atom is 0.322 e. The van der Waals surface area contributed by atoms with Crippen LogP contribution in [0.4, 0.5) is 16.2 Å². The molecular formula is C26H29Br2N5O4. The molecule has 2 aromatic carbocycles. The zero-order valence-corrected chi connectivity index (χ0v) is 23.6. The average molecular weight is 635 g/mol. The van der Waals surface area contributed by atoms with Gasteiger partial charge in [0.05, 0.1) is 5.69 Å². The molecule has 2 aliphatic heterocycles. The molecule has 2 heterocycles. The molecule has 4 N–H and O–H groups in total. The number of hydrogen-bond donors (Lipinski definition) is 3. The number of piperidine rings is 1. The third-order valence-corrected chi connectivity index (χ3v) is 8.14. The summed E-state index contributed by atoms with van der Waals surface area (Å²) in [5, 5.41) is 5.64. The molecule has 0 bridgehead atoms. The monoisotopic (exact) mass is 633 g/mol. The number of benzene rings is 2. The van der Waals surface area contributed by atoms with Gasteiger partial charge in [0.2, 0.25) is 11.8 Å². The Morgan fingerprint density at radius 1 is 1.11 bits per heavy atom. The van der Waals surface area contributed by atoms with Crippen LogP contribution in [0, 0.1) is 0 Å². The number of urea groups is 1. The Bertz CT molecular complexity index is 1210. The second-order valence-electron chi connectivity index (χ2n) is 9.32. The Morgan fingerprint density at radius 2 is 1.76 bits per heavy atom. The molecule has 4 amide bonds. The van der Waals surface area contributed by atoms with E-state index in [1.165, 1.54) is 6.92 Å². The van der Waals surface area contributed by atoms with Gasteiger partial charge in [-0.2, -0.15) is 0 Å². The third-order valence-electron chi connectivity index (χ3n) is 6.82. The van der Waals surface area contributed by atoms with E-state index in [1.54, 1.807) is 17.0 Å². The number of carbonyl (C=O) groups is 4. The van der Waals surface area contributed by atoms with E-state index < -0.39 is 6.04 Å². The van der Waals surface area contributed by atoms with Crippen LogP contribution in [-0.2, 0) is 16.0 Å². The molecule has 1 saturated heterocycles. The van der Waals surface area contributed by atoms with Gasteiger partial charge in [-0.15, -0.1) is 0 Å². The van der Waals surface area contributed by atoms with E-state index in [4.69, 9.17) is 5.73 Å². The number of likely N-dealkylation sites (tertiary alicyclic amines) is 1. The van der Waals surface area contributed by atoms with Crippen LogP contribution in [0.2, 0.25) is 0 Å². The lowest BCUT2D eigenvalue weighted by molar-refractivity contribution is -0.137. The molecule has 0 radical (unpaired) electrons. The molecule has 0 unspecified atom stereocenters. The smallest absolute Gasteiger partial charge is 0.322 e. The molecule has 2 aliphatic rings. The van der Waals surface area contributed by atoms with Crippen LogP contribution in [0.1, 0.15) is 42.1 Å². The normalized spacial score (nSPS) is 16.9. The molecule has 0 spiro atoms. The van der Waals surface area contributed by atoms with Crippen molar-refractivity contribution < 1.29 is 19.2 Å². The topological polar surface area (TPSA) is 125 Å². The number of ketones is 1. The number of carbonyl (C=O) groups excluding carboxylic acids is 4. The number of Topliss-reactive ketones (excluding diaryl/α,β-unsaturated/α-hetero) is 1. The fraction of sp³-hybridized carbons (Fsp3) is 0.385. The standard InChI is InChI=1S/C26H29Br2N5O4/c1-15(34)30-22(14-23(35)17-12-19(27)24(29)20(28)13-17)25(36)32-9-7-18(8-10-32)33-11-6-16-4-2-3-5-21(16)31-26(33)37/h2-5,12-13,18,22H,6-11,14,29H2,1H3,(H,30,34)(H,31,37)/t22-/m0/s1. The highest BCUT2D eigenvalue weighted by Crippen LogP contribution is 2.30. The summed E-state index contributed by atoms with van der Waals surface area (Å²) >= 11 is 6.67. The summed E-state index contributed by atoms with van der Waals surface area (Å²) in [5.41, 5.74) is 8.71. The lowest BCUT2D eigenvalue weighted by Gasteiger charge is -2.39. The molecule has 0 aliphatic carbocycles. The largest absolute Gasteiger partial charge is 0.397 e. The van der Waals surface area contributed by atoms with Gasteiger partial charge in [-0.05, 0) is 74.9 Å². The number of para-hydroxylation sites is 1. The van der Waals surface area contributed by atoms with Crippen LogP contribution in [0.5, 0.6) is 0 Å². The quantitative estimate of drug-likeness (QED) is 0.328. The predicted molar refractivity (Wildman–Crippen MR) is 148 cm³/mol. The Labute approximate surface area is 232 Å². The van der Waals surface area contributed by atoms with Crippen molar-refractivity contribution in [2.45, 2.75) is 44.7 Å². The molecule has 0 saturated carbocycles. The molecule has 2 aromatic rings. The van der Waals surface area contributed by atoms with Gasteiger partial charge in [0.25, 0.3) is 0 Å². The van der Waals surface area contributed by atoms with Crippen molar-refractivity contribution in [1.82, 2.24) is 15.1 Å². The van der Waals surface area contributed by atoms with E-state index >= 15 is 0 Å². The van der Waals surface area contributed by atoms with E-state index in [0.29, 0.717) is 52.7 Å². The highest BCUT2D eigenvalue weighted by molar-refractivity contribution is 9.11. The Balaban J connectivity index is 1.39. The highest BCUT2D eigenvalue weighted by atomic mass is 79.9. The van der Waals surface area contributed by atoms with Gasteiger partial charge in [0.1, 0.15) is 6.04 Å². The number of anilines is 2. The second kappa shape index (κ2) is 11.6. The molecule has 4 rings (SSSR count). The maximum atomic E-state index is 13.4. The fourth-order valence-electron chi connectivity index (χ4n) is 4.85. The minimum Gasteiger partial charge on any atom is -0.397 e. The number of rotatable bonds is 6. The van der Waals surface area contributed by atoms with Crippen molar-refractivity contribution in [3.05, 3.63) is 56.5 Å². The summed E-state index contributed by atoms with van der Waals surface area (Å²) in [6.45, 7) is 2.80. The van der Waals surface area contributed by atoms with Crippen molar-refractivity contribution in [3.8, 4) is 0 Å². The van der Waals surface area contributed by atoms with Crippen molar-refractivity contribution in [3.63, 3.8) is 0 Å². The van der Waals surface area contributed by atoms with Gasteiger partial charge < -0.3 is 26.2 Å². The number of hydrogen-bond acceptors (Lipinski definition) is 5. The summed E-state index contributed by atoms with van der Waals surface area (Å²) in [5.74, 6) is -0.978. The summed E-state index contributed by atoms with van der Waals surface area (Å²) in [4.78, 5) is 54.6. The highest BCUT2D eigenvalue weighted by Gasteiger charge is 2.34. The zero-order chi connectivity index (χ0) is 26.7. The first kappa shape index (κ1) is 27.1. The predicted octanol–water partition coefficient (Wildman–Crippen LogP) is 3.95. The van der Waals surface area contributed by atoms with Gasteiger partial charge in [-0.25, -0.2) is 4.79 Å². The summed E-state index contributed by atoms with van der Waals surface area (Å²) in [6, 6.07) is 9.90. The zero-order valence-electron chi connectivity index (χ0n) is 20.4. The number of halogens is 2. The Hall–Kier alpha value is -2.92. The van der Waals surface area contributed by atoms with Gasteiger partial charge in [-0.1, -0.05) is 18.2 Å². The van der Waals surface area contributed by atoms with E-state index in [1.807, 2.05) is 29.2 Å². The molecule has 196 valence electrons. The van der Waals surface area contributed by atoms with E-state index in [-0.39, 0.29) is 36.1 Å². The number of nitrogen functional groups attached to an aromatic ring is 1. The SMILES string of the molecule is CC(=O)N[C@@H](CC(=O)c1cc(Br)c(N)c(Br)c1)C(=O)N1CCC(N2CCc3ccccc3NC2=O)CC1. The first-order valence-corrected chi connectivity index (χ1v) is 13.7. The minimum atomic E-state index is -0.979. The van der Waals surface area contributed by atoms with E-state index in [9.17, 15) is 19.2 Å². The lowest BCUT2D eigenvalue weighted by Crippen LogP contribution is -2.54. The second-order valence-corrected chi connectivity index (χ2v) is 11.0. The van der Waals surface area contributed by atoms with Crippen molar-refractivity contribution in [2.75, 3.05) is 30.7 Å². The number of nitrogens with one attached hydrogen (secondary N) is 2. The number of fused-ring (bicyclic) bond motifs is 1. The van der Waals surface area contributed by atoms with Gasteiger partial charge in [-0.3, -0.25) is 14.4 Å². The van der Waals surface area contributed by atoms with Crippen LogP contribution in [0.15, 0.2) is 45.3 Å². The summed E-state index contributed by atoms with van der Waals surface area (Å²) in [7, 11) is 0. The number of nitrogens with zero attached hydrogens (tertiary/aromatic N) is 2. The van der Waals surface area contributed by atoms with Gasteiger partial charge in [0.15, 0.2) is 5.78 Å². The van der Waals surface area contributed by atoms with Crippen LogP contribution in [0.3, 0.4) is 0 Å². The third kappa shape index (κ3) is 6.32. The number of amides is 4. The fourth-order valence-corrected chi connectivity index (χ4v) is 6.04. The summed E-state index contributed by atoms with van der Waals surface area (Å²) < 4.78 is 1.13. The van der Waals surface area contributed by atoms with E-state index in [0.717, 1.165) is 17.7 Å². The maximum absolute atomic E-state index is 13.4. The summed E-state index contributed by atoms with van der Waals surface area (Å²) in [6.07, 6.45) is 1.83. The van der Waals surface area contributed by atoms with Gasteiger partial charge >= 0.3 is 6.03 Å². The van der Waals surface area contributed by atoms with Crippen molar-refractivity contribution in [2.24, 2.45) is 0 Å². The Kier molecular flexibility index (Phi) is 8.53. The van der Waals surface area contributed by atoms with Crippen LogP contribution in [0.25, 0.3) is 0 Å². The Morgan fingerprint density at radius 3 is 2.41 bits per heavy atom. The molecule has 11 heteroatoms. The first-order valence-electron chi connectivity index (χ1n) is 12.1. The van der Waals surface area contributed by atoms with E-state index in [2.05, 4.69) is 42.5 Å². The van der Waals surface area contributed by atoms with Crippen molar-refractivity contribution in [1.29, 1.82) is 0 Å². The van der Waals surface area contributed by atoms with Crippen LogP contribution < -0.4 is 16.4 Å². The first-order chi connectivity index (χ1) is 17.6. The molecule has 37 heavy (non-hydrogen) atoms. The molecule has 0 aromatic heterocycles. The minimum absolute atomic E-state index is 0.00342. The van der Waals surface area contributed by atoms with Crippen molar-refractivity contribution >= 4 is 66.9 Å².